The maximum atomic E-state index is 12.1. The number of hydrogen-bond donors (Lipinski definition) is 2. The Bertz CT molecular complexity index is 735. The minimum Gasteiger partial charge on any atom is -0.482 e. The molecule has 1 aliphatic rings. The van der Waals surface area contributed by atoms with Crippen molar-refractivity contribution in [2.24, 2.45) is 5.92 Å². The van der Waals surface area contributed by atoms with E-state index < -0.39 is 28.6 Å². The molecule has 0 spiro atoms. The summed E-state index contributed by atoms with van der Waals surface area (Å²) in [5.41, 5.74) is -0.102. The summed E-state index contributed by atoms with van der Waals surface area (Å²) in [6.45, 7) is 1.12. The van der Waals surface area contributed by atoms with Gasteiger partial charge in [0.25, 0.3) is 11.6 Å². The molecule has 1 aliphatic heterocycles. The van der Waals surface area contributed by atoms with Gasteiger partial charge in [0, 0.05) is 18.7 Å². The summed E-state index contributed by atoms with van der Waals surface area (Å²) in [4.78, 5) is 46.7. The lowest BCUT2D eigenvalue weighted by Gasteiger charge is -2.28. The Kier molecular flexibility index (Phi) is 6.10. The van der Waals surface area contributed by atoms with E-state index in [1.54, 1.807) is 0 Å². The number of hydrogen-bond acceptors (Lipinski definition) is 6. The van der Waals surface area contributed by atoms with Crippen molar-refractivity contribution in [2.75, 3.05) is 24.6 Å². The standard InChI is InChI=1S/C16H19N3O7/c1-2-3-10(16(22)23)7-17-14(20)8-18-12-6-11(19(24)25)4-5-13(12)26-9-15(18)21/h4-6,10H,2-3,7-9H2,1H3,(H,17,20)(H,22,23). The van der Waals surface area contributed by atoms with Crippen LogP contribution in [0.1, 0.15) is 19.8 Å². The minimum atomic E-state index is -1.00. The highest BCUT2D eigenvalue weighted by Crippen LogP contribution is 2.35. The average molecular weight is 365 g/mol. The summed E-state index contributed by atoms with van der Waals surface area (Å²) >= 11 is 0. The third kappa shape index (κ3) is 4.47. The number of rotatable bonds is 8. The molecule has 1 aromatic rings. The second kappa shape index (κ2) is 8.28. The van der Waals surface area contributed by atoms with Gasteiger partial charge in [-0.05, 0) is 12.5 Å². The number of ether oxygens (including phenoxy) is 1. The van der Waals surface area contributed by atoms with Gasteiger partial charge in [0.15, 0.2) is 6.61 Å². The Balaban J connectivity index is 2.10. The molecule has 2 N–H and O–H groups in total. The topological polar surface area (TPSA) is 139 Å². The van der Waals surface area contributed by atoms with Crippen molar-refractivity contribution in [3.8, 4) is 5.75 Å². The van der Waals surface area contributed by atoms with Crippen LogP contribution in [-0.2, 0) is 14.4 Å². The predicted octanol–water partition coefficient (Wildman–Crippen LogP) is 0.937. The van der Waals surface area contributed by atoms with Crippen molar-refractivity contribution >= 4 is 29.2 Å². The van der Waals surface area contributed by atoms with E-state index in [2.05, 4.69) is 5.32 Å². The Labute approximate surface area is 148 Å². The third-order valence-corrected chi connectivity index (χ3v) is 3.93. The number of carbonyl (C=O) groups excluding carboxylic acids is 2. The summed E-state index contributed by atoms with van der Waals surface area (Å²) in [7, 11) is 0. The van der Waals surface area contributed by atoms with Crippen LogP contribution in [0, 0.1) is 16.0 Å². The normalized spacial score (nSPS) is 14.2. The highest BCUT2D eigenvalue weighted by atomic mass is 16.6. The molecule has 0 radical (unpaired) electrons. The van der Waals surface area contributed by atoms with Gasteiger partial charge >= 0.3 is 5.97 Å². The van der Waals surface area contributed by atoms with Gasteiger partial charge in [-0.1, -0.05) is 13.3 Å². The zero-order chi connectivity index (χ0) is 19.3. The number of nitrogens with one attached hydrogen (secondary N) is 1. The number of benzene rings is 1. The fourth-order valence-corrected chi connectivity index (χ4v) is 2.58. The Morgan fingerprint density at radius 3 is 2.81 bits per heavy atom. The van der Waals surface area contributed by atoms with E-state index in [1.165, 1.54) is 12.1 Å². The van der Waals surface area contributed by atoms with Gasteiger partial charge in [0.1, 0.15) is 12.3 Å². The predicted molar refractivity (Wildman–Crippen MR) is 90.0 cm³/mol. The van der Waals surface area contributed by atoms with E-state index >= 15 is 0 Å². The molecule has 2 amide bonds. The number of nitrogens with zero attached hydrogens (tertiary/aromatic N) is 2. The SMILES string of the molecule is CCCC(CNC(=O)CN1C(=O)COc2ccc([N+](=O)[O-])cc21)C(=O)O. The van der Waals surface area contributed by atoms with Crippen LogP contribution in [-0.4, -0.2) is 47.5 Å². The average Bonchev–Trinajstić information content (AvgIpc) is 2.60. The molecule has 0 aliphatic carbocycles. The fraction of sp³-hybridized carbons (Fsp3) is 0.438. The molecule has 10 heteroatoms. The molecule has 0 saturated heterocycles. The molecule has 0 saturated carbocycles. The van der Waals surface area contributed by atoms with E-state index in [1.807, 2.05) is 6.92 Å². The van der Waals surface area contributed by atoms with Crippen LogP contribution in [0.4, 0.5) is 11.4 Å². The molecular weight excluding hydrogens is 346 g/mol. The number of nitro groups is 1. The molecule has 0 bridgehead atoms. The molecule has 1 atom stereocenters. The lowest BCUT2D eigenvalue weighted by Crippen LogP contribution is -2.46. The molecule has 140 valence electrons. The molecule has 2 rings (SSSR count). The number of non-ortho nitro benzene ring substituents is 1. The monoisotopic (exact) mass is 365 g/mol. The smallest absolute Gasteiger partial charge is 0.308 e. The number of nitro benzene ring substituents is 1. The summed E-state index contributed by atoms with van der Waals surface area (Å²) in [6, 6.07) is 3.78. The van der Waals surface area contributed by atoms with Gasteiger partial charge in [-0.25, -0.2) is 0 Å². The van der Waals surface area contributed by atoms with Crippen molar-refractivity contribution < 1.29 is 29.2 Å². The quantitative estimate of drug-likeness (QED) is 0.516. The first-order valence-electron chi connectivity index (χ1n) is 8.04. The van der Waals surface area contributed by atoms with Crippen molar-refractivity contribution in [1.29, 1.82) is 0 Å². The summed E-state index contributed by atoms with van der Waals surface area (Å²) < 4.78 is 5.22. The third-order valence-electron chi connectivity index (χ3n) is 3.93. The Hall–Kier alpha value is -3.17. The van der Waals surface area contributed by atoms with E-state index in [0.717, 1.165) is 11.0 Å². The minimum absolute atomic E-state index is 0.0532. The fourth-order valence-electron chi connectivity index (χ4n) is 2.58. The first kappa shape index (κ1) is 19.2. The number of fused-ring (bicyclic) bond motifs is 1. The number of carboxylic acid groups (broad SMARTS) is 1. The largest absolute Gasteiger partial charge is 0.482 e. The number of carboxylic acids is 1. The first-order chi connectivity index (χ1) is 12.3. The van der Waals surface area contributed by atoms with Gasteiger partial charge < -0.3 is 15.2 Å². The van der Waals surface area contributed by atoms with Crippen LogP contribution in [0.3, 0.4) is 0 Å². The number of anilines is 1. The number of carbonyl (C=O) groups is 3. The highest BCUT2D eigenvalue weighted by molar-refractivity contribution is 6.02. The molecule has 1 unspecified atom stereocenters. The maximum Gasteiger partial charge on any atom is 0.308 e. The molecule has 10 nitrogen and oxygen atoms in total. The number of amides is 2. The van der Waals surface area contributed by atoms with Gasteiger partial charge in [0.2, 0.25) is 5.91 Å². The van der Waals surface area contributed by atoms with Gasteiger partial charge in [-0.15, -0.1) is 0 Å². The first-order valence-corrected chi connectivity index (χ1v) is 8.04. The molecule has 1 heterocycles. The van der Waals surface area contributed by atoms with Gasteiger partial charge in [0.05, 0.1) is 16.5 Å². The van der Waals surface area contributed by atoms with Crippen LogP contribution in [0.2, 0.25) is 0 Å². The van der Waals surface area contributed by atoms with E-state index in [-0.39, 0.29) is 36.8 Å². The Morgan fingerprint density at radius 2 is 2.19 bits per heavy atom. The maximum absolute atomic E-state index is 12.1. The van der Waals surface area contributed by atoms with Crippen molar-refractivity contribution in [3.63, 3.8) is 0 Å². The van der Waals surface area contributed by atoms with Gasteiger partial charge in [-0.3, -0.25) is 29.4 Å². The summed E-state index contributed by atoms with van der Waals surface area (Å²) in [5.74, 6) is -2.53. The Morgan fingerprint density at radius 1 is 1.46 bits per heavy atom. The van der Waals surface area contributed by atoms with Crippen LogP contribution in [0.25, 0.3) is 0 Å². The second-order valence-electron chi connectivity index (χ2n) is 5.81. The lowest BCUT2D eigenvalue weighted by atomic mass is 10.0. The van der Waals surface area contributed by atoms with Crippen LogP contribution >= 0.6 is 0 Å². The van der Waals surface area contributed by atoms with Crippen molar-refractivity contribution in [3.05, 3.63) is 28.3 Å². The van der Waals surface area contributed by atoms with Crippen LogP contribution in [0.15, 0.2) is 18.2 Å². The van der Waals surface area contributed by atoms with E-state index in [9.17, 15) is 24.5 Å². The van der Waals surface area contributed by atoms with Gasteiger partial charge in [-0.2, -0.15) is 0 Å². The molecular formula is C16H19N3O7. The van der Waals surface area contributed by atoms with Crippen LogP contribution in [0.5, 0.6) is 5.75 Å². The second-order valence-corrected chi connectivity index (χ2v) is 5.81. The zero-order valence-corrected chi connectivity index (χ0v) is 14.1. The van der Waals surface area contributed by atoms with Crippen LogP contribution < -0.4 is 15.0 Å². The van der Waals surface area contributed by atoms with Crippen molar-refractivity contribution in [1.82, 2.24) is 5.32 Å². The van der Waals surface area contributed by atoms with E-state index in [0.29, 0.717) is 12.8 Å². The van der Waals surface area contributed by atoms with E-state index in [4.69, 9.17) is 9.84 Å². The summed E-state index contributed by atoms with van der Waals surface area (Å²) in [6.07, 6.45) is 1.08. The summed E-state index contributed by atoms with van der Waals surface area (Å²) in [5, 5.41) is 22.5. The molecule has 1 aromatic carbocycles. The molecule has 26 heavy (non-hydrogen) atoms. The zero-order valence-electron chi connectivity index (χ0n) is 14.1. The molecule has 0 fully saturated rings. The highest BCUT2D eigenvalue weighted by Gasteiger charge is 2.29. The lowest BCUT2D eigenvalue weighted by molar-refractivity contribution is -0.384. The van der Waals surface area contributed by atoms with Crippen molar-refractivity contribution in [2.45, 2.75) is 19.8 Å². The molecule has 0 aromatic heterocycles. The number of aliphatic carboxylic acids is 1.